The summed E-state index contributed by atoms with van der Waals surface area (Å²) in [5.41, 5.74) is 1.04. The molecule has 7 nitrogen and oxygen atoms in total. The van der Waals surface area contributed by atoms with Gasteiger partial charge < -0.3 is 4.90 Å². The number of aromatic nitrogens is 1. The highest BCUT2D eigenvalue weighted by Crippen LogP contribution is 2.38. The number of para-hydroxylation sites is 1. The number of nitrogens with zero attached hydrogens (tertiary/aromatic N) is 4. The summed E-state index contributed by atoms with van der Waals surface area (Å²) < 4.78 is 1.20. The molecule has 8 heteroatoms. The number of thiazole rings is 1. The number of fused-ring (bicyclic) bond motifs is 2. The lowest BCUT2D eigenvalue weighted by atomic mass is 9.81. The van der Waals surface area contributed by atoms with Crippen molar-refractivity contribution in [3.63, 3.8) is 0 Å². The van der Waals surface area contributed by atoms with Crippen molar-refractivity contribution < 1.29 is 14.4 Å². The molecule has 2 aromatic rings. The van der Waals surface area contributed by atoms with Gasteiger partial charge in [-0.05, 0) is 31.9 Å². The summed E-state index contributed by atoms with van der Waals surface area (Å²) in [7, 11) is 0. The first-order chi connectivity index (χ1) is 15.5. The van der Waals surface area contributed by atoms with Crippen LogP contribution < -0.4 is 0 Å². The molecule has 1 saturated carbocycles. The molecule has 0 unspecified atom stereocenters. The van der Waals surface area contributed by atoms with Crippen molar-refractivity contribution in [1.29, 1.82) is 0 Å². The van der Waals surface area contributed by atoms with E-state index in [4.69, 9.17) is 4.98 Å². The second-order valence-corrected chi connectivity index (χ2v) is 10.3. The lowest BCUT2D eigenvalue weighted by Gasteiger charge is -2.37. The van der Waals surface area contributed by atoms with E-state index in [0.717, 1.165) is 49.3 Å². The third-order valence-corrected chi connectivity index (χ3v) is 8.57. The van der Waals surface area contributed by atoms with Gasteiger partial charge in [0.1, 0.15) is 5.01 Å². The molecule has 2 saturated heterocycles. The van der Waals surface area contributed by atoms with Gasteiger partial charge in [-0.25, -0.2) is 4.98 Å². The van der Waals surface area contributed by atoms with E-state index in [0.29, 0.717) is 13.1 Å². The van der Waals surface area contributed by atoms with E-state index in [1.807, 2.05) is 23.1 Å². The number of hydrogen-bond acceptors (Lipinski definition) is 6. The maximum Gasteiger partial charge on any atom is 0.233 e. The number of carbonyl (C=O) groups is 3. The van der Waals surface area contributed by atoms with Crippen molar-refractivity contribution in [1.82, 2.24) is 19.7 Å². The Kier molecular flexibility index (Phi) is 5.99. The topological polar surface area (TPSA) is 73.8 Å². The number of imide groups is 1. The third-order valence-electron chi connectivity index (χ3n) is 7.36. The van der Waals surface area contributed by atoms with E-state index in [9.17, 15) is 14.4 Å². The van der Waals surface area contributed by atoms with E-state index >= 15 is 0 Å². The fourth-order valence-electron chi connectivity index (χ4n) is 5.40. The van der Waals surface area contributed by atoms with Gasteiger partial charge >= 0.3 is 0 Å². The standard InChI is InChI=1S/C24H30N4O3S/c1-16(22-25-19-8-4-5-9-20(19)32-22)26-12-14-27(15-13-26)21(29)10-11-28-23(30)17-6-2-3-7-18(17)24(28)31/h4-5,8-9,16-18H,2-3,6-7,10-15H2,1H3/t16-,17-,18+/m0/s1. The predicted molar refractivity (Wildman–Crippen MR) is 123 cm³/mol. The van der Waals surface area contributed by atoms with Gasteiger partial charge in [-0.2, -0.15) is 0 Å². The van der Waals surface area contributed by atoms with Crippen LogP contribution in [0.2, 0.25) is 0 Å². The molecule has 1 aromatic heterocycles. The first-order valence-electron chi connectivity index (χ1n) is 11.8. The van der Waals surface area contributed by atoms with E-state index in [1.54, 1.807) is 11.3 Å². The minimum absolute atomic E-state index is 0.0350. The van der Waals surface area contributed by atoms with Crippen LogP contribution in [-0.2, 0) is 14.4 Å². The first-order valence-corrected chi connectivity index (χ1v) is 12.6. The zero-order chi connectivity index (χ0) is 22.2. The second kappa shape index (κ2) is 8.90. The van der Waals surface area contributed by atoms with Crippen LogP contribution in [0.25, 0.3) is 10.2 Å². The van der Waals surface area contributed by atoms with Crippen molar-refractivity contribution in [2.24, 2.45) is 11.8 Å². The van der Waals surface area contributed by atoms with Crippen molar-refractivity contribution >= 4 is 39.3 Å². The molecule has 5 rings (SSSR count). The molecule has 0 bridgehead atoms. The number of benzene rings is 1. The minimum atomic E-state index is -0.140. The summed E-state index contributed by atoms with van der Waals surface area (Å²) in [6, 6.07) is 8.41. The van der Waals surface area contributed by atoms with Gasteiger partial charge in [-0.1, -0.05) is 25.0 Å². The molecule has 2 aliphatic heterocycles. The minimum Gasteiger partial charge on any atom is -0.340 e. The van der Waals surface area contributed by atoms with Gasteiger partial charge in [0, 0.05) is 39.1 Å². The van der Waals surface area contributed by atoms with Crippen LogP contribution in [0, 0.1) is 11.8 Å². The molecule has 3 amide bonds. The highest BCUT2D eigenvalue weighted by molar-refractivity contribution is 7.18. The summed E-state index contributed by atoms with van der Waals surface area (Å²) in [5.74, 6) is -0.352. The summed E-state index contributed by atoms with van der Waals surface area (Å²) in [6.45, 7) is 5.34. The van der Waals surface area contributed by atoms with Crippen LogP contribution in [0.1, 0.15) is 50.1 Å². The monoisotopic (exact) mass is 454 g/mol. The molecule has 0 N–H and O–H groups in total. The van der Waals surface area contributed by atoms with E-state index in [1.165, 1.54) is 9.60 Å². The molecular weight excluding hydrogens is 424 g/mol. The van der Waals surface area contributed by atoms with Gasteiger partial charge in [-0.15, -0.1) is 11.3 Å². The Labute approximate surface area is 192 Å². The smallest absolute Gasteiger partial charge is 0.233 e. The summed E-state index contributed by atoms with van der Waals surface area (Å²) in [5, 5.41) is 1.11. The second-order valence-electron chi connectivity index (χ2n) is 9.19. The lowest BCUT2D eigenvalue weighted by Crippen LogP contribution is -2.49. The lowest BCUT2D eigenvalue weighted by molar-refractivity contribution is -0.141. The molecule has 3 fully saturated rings. The van der Waals surface area contributed by atoms with E-state index in [-0.39, 0.29) is 48.6 Å². The van der Waals surface area contributed by atoms with Crippen LogP contribution in [0.5, 0.6) is 0 Å². The molecule has 0 spiro atoms. The molecule has 170 valence electrons. The van der Waals surface area contributed by atoms with Crippen LogP contribution in [0.4, 0.5) is 0 Å². The number of likely N-dealkylation sites (tertiary alicyclic amines) is 1. The molecular formula is C24H30N4O3S. The average Bonchev–Trinajstić information content (AvgIpc) is 3.37. The zero-order valence-electron chi connectivity index (χ0n) is 18.5. The highest BCUT2D eigenvalue weighted by Gasteiger charge is 2.47. The maximum absolute atomic E-state index is 12.8. The fraction of sp³-hybridized carbons (Fsp3) is 0.583. The number of hydrogen-bond donors (Lipinski definition) is 0. The molecule has 32 heavy (non-hydrogen) atoms. The Bertz CT molecular complexity index is 972. The molecule has 3 heterocycles. The predicted octanol–water partition coefficient (Wildman–Crippen LogP) is 3.07. The zero-order valence-corrected chi connectivity index (χ0v) is 19.4. The van der Waals surface area contributed by atoms with Gasteiger partial charge in [0.05, 0.1) is 28.1 Å². The summed E-state index contributed by atoms with van der Waals surface area (Å²) >= 11 is 1.73. The average molecular weight is 455 g/mol. The van der Waals surface area contributed by atoms with E-state index < -0.39 is 0 Å². The van der Waals surface area contributed by atoms with Crippen LogP contribution in [0.3, 0.4) is 0 Å². The van der Waals surface area contributed by atoms with Crippen LogP contribution in [0.15, 0.2) is 24.3 Å². The van der Waals surface area contributed by atoms with Gasteiger partial charge in [0.25, 0.3) is 0 Å². The summed E-state index contributed by atoms with van der Waals surface area (Å²) in [6.07, 6.45) is 3.90. The molecule has 3 aliphatic rings. The van der Waals surface area contributed by atoms with Crippen molar-refractivity contribution in [2.45, 2.75) is 45.1 Å². The summed E-state index contributed by atoms with van der Waals surface area (Å²) in [4.78, 5) is 48.4. The first kappa shape index (κ1) is 21.5. The fourth-order valence-corrected chi connectivity index (χ4v) is 6.45. The quantitative estimate of drug-likeness (QED) is 0.649. The van der Waals surface area contributed by atoms with Gasteiger partial charge in [-0.3, -0.25) is 24.2 Å². The normalized spacial score (nSPS) is 25.4. The Morgan fingerprint density at radius 2 is 1.72 bits per heavy atom. The molecule has 3 atom stereocenters. The van der Waals surface area contributed by atoms with Crippen molar-refractivity contribution in [3.05, 3.63) is 29.3 Å². The van der Waals surface area contributed by atoms with E-state index in [2.05, 4.69) is 17.9 Å². The number of rotatable bonds is 5. The Hall–Kier alpha value is -2.32. The van der Waals surface area contributed by atoms with Crippen molar-refractivity contribution in [3.8, 4) is 0 Å². The molecule has 0 radical (unpaired) electrons. The van der Waals surface area contributed by atoms with Crippen LogP contribution >= 0.6 is 11.3 Å². The molecule has 1 aliphatic carbocycles. The van der Waals surface area contributed by atoms with Crippen molar-refractivity contribution in [2.75, 3.05) is 32.7 Å². The van der Waals surface area contributed by atoms with Crippen LogP contribution in [-0.4, -0.2) is 70.1 Å². The number of piperazine rings is 1. The SMILES string of the molecule is C[C@@H](c1nc2ccccc2s1)N1CCN(C(=O)CCN2C(=O)[C@H]3CCCC[C@H]3C2=O)CC1. The maximum atomic E-state index is 12.8. The third kappa shape index (κ3) is 3.94. The number of carbonyl (C=O) groups excluding carboxylic acids is 3. The number of amides is 3. The molecule has 1 aromatic carbocycles. The van der Waals surface area contributed by atoms with Gasteiger partial charge in [0.2, 0.25) is 17.7 Å². The highest BCUT2D eigenvalue weighted by atomic mass is 32.1. The largest absolute Gasteiger partial charge is 0.340 e. The van der Waals surface area contributed by atoms with Gasteiger partial charge in [0.15, 0.2) is 0 Å². The Balaban J connectivity index is 1.13. The Morgan fingerprint density at radius 3 is 2.38 bits per heavy atom. The Morgan fingerprint density at radius 1 is 1.06 bits per heavy atom.